The summed E-state index contributed by atoms with van der Waals surface area (Å²) in [6.45, 7) is 0.849. The Morgan fingerprint density at radius 1 is 0.857 bits per heavy atom. The predicted octanol–water partition coefficient (Wildman–Crippen LogP) is 7.06. The van der Waals surface area contributed by atoms with Crippen LogP contribution >= 0.6 is 23.2 Å². The highest BCUT2D eigenvalue weighted by atomic mass is 35.5. The van der Waals surface area contributed by atoms with Crippen LogP contribution in [0.3, 0.4) is 0 Å². The van der Waals surface area contributed by atoms with Gasteiger partial charge >= 0.3 is 0 Å². The van der Waals surface area contributed by atoms with Gasteiger partial charge in [0, 0.05) is 40.2 Å². The molecule has 3 fully saturated rings. The van der Waals surface area contributed by atoms with E-state index in [2.05, 4.69) is 10.2 Å². The molecule has 1 heterocycles. The van der Waals surface area contributed by atoms with Crippen LogP contribution in [0.4, 0.5) is 0 Å². The van der Waals surface area contributed by atoms with Crippen molar-refractivity contribution < 1.29 is 9.59 Å². The quantitative estimate of drug-likeness (QED) is 0.450. The van der Waals surface area contributed by atoms with Gasteiger partial charge in [-0.1, -0.05) is 67.4 Å². The summed E-state index contributed by atoms with van der Waals surface area (Å²) in [7, 11) is 0. The van der Waals surface area contributed by atoms with Crippen LogP contribution < -0.4 is 5.32 Å². The molecule has 0 bridgehead atoms. The number of amides is 2. The van der Waals surface area contributed by atoms with Gasteiger partial charge in [-0.2, -0.15) is 0 Å². The standard InChI is InChI=1S/C29H34Cl2N2O2/c30-26-17-22(19-10-12-20(13-11-19)28(34)32-23-6-4-5-7-23)18-27(31)25(26)16-21-14-15-33(29(21)35)24-8-2-1-3-9-24/h10-13,17-18,21,23-24H,1-9,14-16H2,(H,32,34). The lowest BCUT2D eigenvalue weighted by atomic mass is 9.93. The molecule has 1 N–H and O–H groups in total. The SMILES string of the molecule is O=C(NC1CCCC1)c1ccc(-c2cc(Cl)c(CC3CCN(C4CCCCC4)C3=O)c(Cl)c2)cc1. The molecule has 0 radical (unpaired) electrons. The Kier molecular flexibility index (Phi) is 7.69. The maximum atomic E-state index is 13.1. The van der Waals surface area contributed by atoms with Crippen LogP contribution in [0.15, 0.2) is 36.4 Å². The average Bonchev–Trinajstić information content (AvgIpc) is 3.51. The van der Waals surface area contributed by atoms with E-state index < -0.39 is 0 Å². The lowest BCUT2D eigenvalue weighted by molar-refractivity contribution is -0.133. The molecule has 0 spiro atoms. The van der Waals surface area contributed by atoms with E-state index in [1.54, 1.807) is 0 Å². The van der Waals surface area contributed by atoms with Gasteiger partial charge in [-0.15, -0.1) is 0 Å². The van der Waals surface area contributed by atoms with Gasteiger partial charge in [-0.3, -0.25) is 9.59 Å². The van der Waals surface area contributed by atoms with Crippen molar-refractivity contribution in [1.29, 1.82) is 0 Å². The summed E-state index contributed by atoms with van der Waals surface area (Å²) in [4.78, 5) is 27.8. The van der Waals surface area contributed by atoms with E-state index in [1.807, 2.05) is 36.4 Å². The van der Waals surface area contributed by atoms with E-state index in [1.165, 1.54) is 32.1 Å². The number of halogens is 2. The smallest absolute Gasteiger partial charge is 0.251 e. The minimum atomic E-state index is -0.0459. The zero-order valence-corrected chi connectivity index (χ0v) is 21.7. The van der Waals surface area contributed by atoms with Gasteiger partial charge in [-0.05, 0) is 79.5 Å². The van der Waals surface area contributed by atoms with Crippen LogP contribution in [-0.4, -0.2) is 35.3 Å². The fourth-order valence-corrected chi connectivity index (χ4v) is 6.71. The van der Waals surface area contributed by atoms with E-state index in [0.29, 0.717) is 34.1 Å². The zero-order valence-electron chi connectivity index (χ0n) is 20.2. The number of rotatable bonds is 6. The van der Waals surface area contributed by atoms with Crippen molar-refractivity contribution in [3.63, 3.8) is 0 Å². The number of nitrogens with one attached hydrogen (secondary N) is 1. The van der Waals surface area contributed by atoms with Crippen molar-refractivity contribution in [2.75, 3.05) is 6.54 Å². The van der Waals surface area contributed by atoms with E-state index in [0.717, 1.165) is 55.3 Å². The summed E-state index contributed by atoms with van der Waals surface area (Å²) < 4.78 is 0. The van der Waals surface area contributed by atoms with Gasteiger partial charge in [0.25, 0.3) is 5.91 Å². The summed E-state index contributed by atoms with van der Waals surface area (Å²) in [5, 5.41) is 4.32. The zero-order chi connectivity index (χ0) is 24.4. The molecule has 4 nitrogen and oxygen atoms in total. The van der Waals surface area contributed by atoms with Crippen LogP contribution in [-0.2, 0) is 11.2 Å². The highest BCUT2D eigenvalue weighted by Crippen LogP contribution is 2.36. The molecular weight excluding hydrogens is 479 g/mol. The first-order chi connectivity index (χ1) is 17.0. The van der Waals surface area contributed by atoms with E-state index >= 15 is 0 Å². The fourth-order valence-electron chi connectivity index (χ4n) is 6.07. The molecule has 1 unspecified atom stereocenters. The minimum absolute atomic E-state index is 0.0154. The number of benzene rings is 2. The highest BCUT2D eigenvalue weighted by Gasteiger charge is 2.36. The molecular formula is C29H34Cl2N2O2. The number of likely N-dealkylation sites (tertiary alicyclic amines) is 1. The normalized spacial score (nSPS) is 21.6. The number of hydrogen-bond acceptors (Lipinski definition) is 2. The molecule has 2 aliphatic carbocycles. The van der Waals surface area contributed by atoms with Gasteiger partial charge in [0.1, 0.15) is 0 Å². The minimum Gasteiger partial charge on any atom is -0.349 e. The van der Waals surface area contributed by atoms with Crippen molar-refractivity contribution in [2.45, 2.75) is 82.7 Å². The van der Waals surface area contributed by atoms with Crippen LogP contribution in [0.2, 0.25) is 10.0 Å². The van der Waals surface area contributed by atoms with Gasteiger partial charge in [0.2, 0.25) is 5.91 Å². The van der Waals surface area contributed by atoms with Gasteiger partial charge < -0.3 is 10.2 Å². The molecule has 2 saturated carbocycles. The van der Waals surface area contributed by atoms with Gasteiger partial charge in [0.15, 0.2) is 0 Å². The lowest BCUT2D eigenvalue weighted by Gasteiger charge is -2.31. The second-order valence-electron chi connectivity index (χ2n) is 10.5. The molecule has 3 aliphatic rings. The van der Waals surface area contributed by atoms with Crippen molar-refractivity contribution in [3.8, 4) is 11.1 Å². The van der Waals surface area contributed by atoms with E-state index in [4.69, 9.17) is 23.2 Å². The molecule has 2 amide bonds. The lowest BCUT2D eigenvalue weighted by Crippen LogP contribution is -2.39. The summed E-state index contributed by atoms with van der Waals surface area (Å²) in [6, 6.07) is 12.1. The summed E-state index contributed by atoms with van der Waals surface area (Å²) in [5.41, 5.74) is 3.39. The molecule has 35 heavy (non-hydrogen) atoms. The second kappa shape index (κ2) is 10.9. The molecule has 5 rings (SSSR count). The van der Waals surface area contributed by atoms with Crippen molar-refractivity contribution in [1.82, 2.24) is 10.2 Å². The van der Waals surface area contributed by atoms with Crippen LogP contribution in [0.5, 0.6) is 0 Å². The molecule has 1 saturated heterocycles. The first-order valence-corrected chi connectivity index (χ1v) is 13.9. The van der Waals surface area contributed by atoms with Gasteiger partial charge in [-0.25, -0.2) is 0 Å². The van der Waals surface area contributed by atoms with Crippen LogP contribution in [0, 0.1) is 5.92 Å². The Labute approximate surface area is 218 Å². The van der Waals surface area contributed by atoms with E-state index in [-0.39, 0.29) is 17.7 Å². The average molecular weight is 514 g/mol. The Bertz CT molecular complexity index is 1050. The van der Waals surface area contributed by atoms with Crippen LogP contribution in [0.1, 0.15) is 80.1 Å². The monoisotopic (exact) mass is 512 g/mol. The number of carbonyl (C=O) groups excluding carboxylic acids is 2. The van der Waals surface area contributed by atoms with Crippen molar-refractivity contribution >= 4 is 35.0 Å². The fraction of sp³-hybridized carbons (Fsp3) is 0.517. The maximum Gasteiger partial charge on any atom is 0.251 e. The first kappa shape index (κ1) is 24.6. The number of carbonyl (C=O) groups is 2. The van der Waals surface area contributed by atoms with Crippen molar-refractivity contribution in [2.24, 2.45) is 5.92 Å². The largest absolute Gasteiger partial charge is 0.349 e. The van der Waals surface area contributed by atoms with Crippen molar-refractivity contribution in [3.05, 3.63) is 57.6 Å². The second-order valence-corrected chi connectivity index (χ2v) is 11.3. The molecule has 2 aromatic rings. The third-order valence-corrected chi connectivity index (χ3v) is 8.80. The summed E-state index contributed by atoms with van der Waals surface area (Å²) >= 11 is 13.4. The summed E-state index contributed by atoms with van der Waals surface area (Å²) in [5.74, 6) is 0.202. The number of hydrogen-bond donors (Lipinski definition) is 1. The molecule has 2 aromatic carbocycles. The Balaban J connectivity index is 1.25. The maximum absolute atomic E-state index is 13.1. The summed E-state index contributed by atoms with van der Waals surface area (Å²) in [6.07, 6.45) is 12.0. The molecule has 1 atom stereocenters. The Morgan fingerprint density at radius 3 is 2.14 bits per heavy atom. The topological polar surface area (TPSA) is 49.4 Å². The highest BCUT2D eigenvalue weighted by molar-refractivity contribution is 6.36. The first-order valence-electron chi connectivity index (χ1n) is 13.2. The molecule has 6 heteroatoms. The van der Waals surface area contributed by atoms with E-state index in [9.17, 15) is 9.59 Å². The number of nitrogens with zero attached hydrogens (tertiary/aromatic N) is 1. The van der Waals surface area contributed by atoms with Gasteiger partial charge in [0.05, 0.1) is 0 Å². The third-order valence-electron chi connectivity index (χ3n) is 8.13. The molecule has 186 valence electrons. The molecule has 1 aliphatic heterocycles. The predicted molar refractivity (Wildman–Crippen MR) is 142 cm³/mol. The molecule has 0 aromatic heterocycles. The van der Waals surface area contributed by atoms with Crippen LogP contribution in [0.25, 0.3) is 11.1 Å². The Hall–Kier alpha value is -2.04. The third kappa shape index (κ3) is 5.54. The Morgan fingerprint density at radius 2 is 1.49 bits per heavy atom.